The minimum absolute atomic E-state index is 0.0360. The molecular formula is C19H22N6O. The molecule has 0 radical (unpaired) electrons. The molecule has 0 unspecified atom stereocenters. The minimum atomic E-state index is 0.0360. The summed E-state index contributed by atoms with van der Waals surface area (Å²) in [6.45, 7) is 4.69. The Bertz CT molecular complexity index is 1050. The van der Waals surface area contributed by atoms with Crippen molar-refractivity contribution in [1.82, 2.24) is 29.4 Å². The van der Waals surface area contributed by atoms with Crippen LogP contribution in [-0.4, -0.2) is 41.1 Å². The second kappa shape index (κ2) is 6.84. The molecule has 4 aromatic rings. The fourth-order valence-electron chi connectivity index (χ4n) is 3.03. The highest BCUT2D eigenvalue weighted by Gasteiger charge is 2.16. The Hall–Kier alpha value is -2.80. The Morgan fingerprint density at radius 2 is 1.88 bits per heavy atom. The second-order valence-corrected chi connectivity index (χ2v) is 6.52. The third kappa shape index (κ3) is 2.94. The van der Waals surface area contributed by atoms with E-state index >= 15 is 0 Å². The SMILES string of the molecule is CCCCc1nc2nn(CCO)cc2c2nc(-c3ccc(C)cc3)nn12. The lowest BCUT2D eigenvalue weighted by Gasteiger charge is -2.02. The van der Waals surface area contributed by atoms with Crippen LogP contribution in [0.2, 0.25) is 0 Å². The molecule has 0 aliphatic rings. The first-order chi connectivity index (χ1) is 12.7. The topological polar surface area (TPSA) is 81.1 Å². The first kappa shape index (κ1) is 16.7. The quantitative estimate of drug-likeness (QED) is 0.578. The molecule has 0 aliphatic heterocycles. The Balaban J connectivity index is 1.91. The van der Waals surface area contributed by atoms with E-state index in [4.69, 9.17) is 15.1 Å². The highest BCUT2D eigenvalue weighted by molar-refractivity contribution is 5.89. The lowest BCUT2D eigenvalue weighted by Crippen LogP contribution is -2.04. The van der Waals surface area contributed by atoms with Crippen molar-refractivity contribution in [2.45, 2.75) is 39.7 Å². The second-order valence-electron chi connectivity index (χ2n) is 6.52. The Morgan fingerprint density at radius 3 is 2.62 bits per heavy atom. The van der Waals surface area contributed by atoms with Crippen LogP contribution in [0.5, 0.6) is 0 Å². The largest absolute Gasteiger partial charge is 0.394 e. The van der Waals surface area contributed by atoms with Crippen molar-refractivity contribution >= 4 is 16.7 Å². The van der Waals surface area contributed by atoms with Crippen LogP contribution in [0.3, 0.4) is 0 Å². The molecule has 3 heterocycles. The van der Waals surface area contributed by atoms with Crippen molar-refractivity contribution in [1.29, 1.82) is 0 Å². The number of aliphatic hydroxyl groups excluding tert-OH is 1. The average molecular weight is 350 g/mol. The van der Waals surface area contributed by atoms with Gasteiger partial charge in [-0.25, -0.2) is 9.97 Å². The highest BCUT2D eigenvalue weighted by atomic mass is 16.3. The van der Waals surface area contributed by atoms with Gasteiger partial charge in [-0.1, -0.05) is 43.2 Å². The maximum atomic E-state index is 9.19. The Labute approximate surface area is 151 Å². The third-order valence-electron chi connectivity index (χ3n) is 4.46. The van der Waals surface area contributed by atoms with Gasteiger partial charge in [0.25, 0.3) is 0 Å². The summed E-state index contributed by atoms with van der Waals surface area (Å²) in [5.74, 6) is 1.56. The summed E-state index contributed by atoms with van der Waals surface area (Å²) in [7, 11) is 0. The number of aryl methyl sites for hydroxylation is 2. The molecule has 3 aromatic heterocycles. The first-order valence-electron chi connectivity index (χ1n) is 9.00. The fraction of sp³-hybridized carbons (Fsp3) is 0.368. The van der Waals surface area contributed by atoms with Crippen LogP contribution in [0.15, 0.2) is 30.5 Å². The molecule has 0 fully saturated rings. The van der Waals surface area contributed by atoms with E-state index in [9.17, 15) is 5.11 Å². The molecular weight excluding hydrogens is 328 g/mol. The van der Waals surface area contributed by atoms with Crippen molar-refractivity contribution in [3.8, 4) is 11.4 Å². The molecule has 1 aromatic carbocycles. The maximum Gasteiger partial charge on any atom is 0.186 e. The molecule has 0 atom stereocenters. The number of nitrogens with zero attached hydrogens (tertiary/aromatic N) is 6. The standard InChI is InChI=1S/C19H22N6O/c1-3-4-5-16-20-18-15(12-24(22-18)10-11-26)19-21-17(23-25(16)19)14-8-6-13(2)7-9-14/h6-9,12,26H,3-5,10-11H2,1-2H3. The Morgan fingerprint density at radius 1 is 1.08 bits per heavy atom. The van der Waals surface area contributed by atoms with Gasteiger partial charge in [-0.2, -0.15) is 9.61 Å². The van der Waals surface area contributed by atoms with Gasteiger partial charge in [-0.15, -0.1) is 5.10 Å². The molecule has 7 heteroatoms. The van der Waals surface area contributed by atoms with E-state index in [0.29, 0.717) is 18.0 Å². The molecule has 1 N–H and O–H groups in total. The summed E-state index contributed by atoms with van der Waals surface area (Å²) < 4.78 is 3.56. The van der Waals surface area contributed by atoms with E-state index in [1.54, 1.807) is 4.68 Å². The summed E-state index contributed by atoms with van der Waals surface area (Å²) in [5.41, 5.74) is 3.60. The van der Waals surface area contributed by atoms with Crippen molar-refractivity contribution < 1.29 is 5.11 Å². The molecule has 0 aliphatic carbocycles. The number of rotatable bonds is 6. The molecule has 0 saturated heterocycles. The van der Waals surface area contributed by atoms with Gasteiger partial charge in [0.15, 0.2) is 17.1 Å². The summed E-state index contributed by atoms with van der Waals surface area (Å²) in [4.78, 5) is 9.49. The molecule has 0 spiro atoms. The van der Waals surface area contributed by atoms with Crippen LogP contribution in [0, 0.1) is 6.92 Å². The van der Waals surface area contributed by atoms with Gasteiger partial charge in [0, 0.05) is 18.2 Å². The van der Waals surface area contributed by atoms with Crippen molar-refractivity contribution in [2.75, 3.05) is 6.61 Å². The highest BCUT2D eigenvalue weighted by Crippen LogP contribution is 2.23. The molecule has 0 amide bonds. The molecule has 0 saturated carbocycles. The fourth-order valence-corrected chi connectivity index (χ4v) is 3.03. The van der Waals surface area contributed by atoms with Crippen molar-refractivity contribution in [3.63, 3.8) is 0 Å². The number of aromatic nitrogens is 6. The van der Waals surface area contributed by atoms with E-state index in [0.717, 1.165) is 41.7 Å². The number of aliphatic hydroxyl groups is 1. The van der Waals surface area contributed by atoms with Crippen LogP contribution < -0.4 is 0 Å². The molecule has 134 valence electrons. The molecule has 26 heavy (non-hydrogen) atoms. The van der Waals surface area contributed by atoms with Crippen LogP contribution in [0.4, 0.5) is 0 Å². The first-order valence-corrected chi connectivity index (χ1v) is 9.00. The number of hydrogen-bond acceptors (Lipinski definition) is 5. The van der Waals surface area contributed by atoms with Gasteiger partial charge in [-0.05, 0) is 13.3 Å². The van der Waals surface area contributed by atoms with E-state index in [1.165, 1.54) is 5.56 Å². The number of hydrogen-bond donors (Lipinski definition) is 1. The molecule has 4 rings (SSSR count). The predicted molar refractivity (Wildman–Crippen MR) is 99.9 cm³/mol. The number of benzene rings is 1. The maximum absolute atomic E-state index is 9.19. The Kier molecular flexibility index (Phi) is 4.38. The lowest BCUT2D eigenvalue weighted by molar-refractivity contribution is 0.270. The van der Waals surface area contributed by atoms with E-state index < -0.39 is 0 Å². The molecule has 0 bridgehead atoms. The summed E-state index contributed by atoms with van der Waals surface area (Å²) in [5, 5.41) is 19.2. The zero-order chi connectivity index (χ0) is 18.1. The average Bonchev–Trinajstić information content (AvgIpc) is 3.24. The van der Waals surface area contributed by atoms with Crippen molar-refractivity contribution in [3.05, 3.63) is 41.9 Å². The van der Waals surface area contributed by atoms with Gasteiger partial charge >= 0.3 is 0 Å². The lowest BCUT2D eigenvalue weighted by atomic mass is 10.1. The summed E-state index contributed by atoms with van der Waals surface area (Å²) in [6, 6.07) is 8.20. The third-order valence-corrected chi connectivity index (χ3v) is 4.46. The van der Waals surface area contributed by atoms with Gasteiger partial charge in [0.2, 0.25) is 0 Å². The number of fused-ring (bicyclic) bond motifs is 3. The summed E-state index contributed by atoms with van der Waals surface area (Å²) >= 11 is 0. The minimum Gasteiger partial charge on any atom is -0.394 e. The van der Waals surface area contributed by atoms with Gasteiger partial charge in [-0.3, -0.25) is 4.68 Å². The van der Waals surface area contributed by atoms with E-state index in [1.807, 2.05) is 22.8 Å². The van der Waals surface area contributed by atoms with Gasteiger partial charge in [0.1, 0.15) is 5.82 Å². The molecule has 7 nitrogen and oxygen atoms in total. The van der Waals surface area contributed by atoms with Crippen LogP contribution in [0.25, 0.3) is 28.1 Å². The van der Waals surface area contributed by atoms with Crippen molar-refractivity contribution in [2.24, 2.45) is 0 Å². The smallest absolute Gasteiger partial charge is 0.186 e. The van der Waals surface area contributed by atoms with Gasteiger partial charge < -0.3 is 5.11 Å². The zero-order valence-corrected chi connectivity index (χ0v) is 15.1. The van der Waals surface area contributed by atoms with E-state index in [2.05, 4.69) is 31.1 Å². The van der Waals surface area contributed by atoms with Crippen LogP contribution >= 0.6 is 0 Å². The van der Waals surface area contributed by atoms with E-state index in [-0.39, 0.29) is 6.61 Å². The number of unbranched alkanes of at least 4 members (excludes halogenated alkanes) is 1. The predicted octanol–water partition coefficient (Wildman–Crippen LogP) is 2.78. The zero-order valence-electron chi connectivity index (χ0n) is 15.1. The van der Waals surface area contributed by atoms with Gasteiger partial charge in [0.05, 0.1) is 18.5 Å². The van der Waals surface area contributed by atoms with Crippen LogP contribution in [0.1, 0.15) is 31.2 Å². The monoisotopic (exact) mass is 350 g/mol. The normalized spacial score (nSPS) is 11.7. The van der Waals surface area contributed by atoms with Crippen LogP contribution in [-0.2, 0) is 13.0 Å². The summed E-state index contributed by atoms with van der Waals surface area (Å²) in [6.07, 6.45) is 4.82.